The lowest BCUT2D eigenvalue weighted by atomic mass is 10.1. The van der Waals surface area contributed by atoms with Gasteiger partial charge in [-0.2, -0.15) is 5.10 Å². The summed E-state index contributed by atoms with van der Waals surface area (Å²) in [6, 6.07) is 19.4. The molecule has 0 N–H and O–H groups in total. The Morgan fingerprint density at radius 1 is 0.902 bits per heavy atom. The molecule has 1 aliphatic rings. The average Bonchev–Trinajstić information content (AvgIpc) is 3.30. The van der Waals surface area contributed by atoms with Crippen LogP contribution in [0.4, 0.5) is 10.2 Å². The molecule has 0 saturated carbocycles. The molecule has 0 bridgehead atoms. The molecule has 1 fully saturated rings. The van der Waals surface area contributed by atoms with Crippen LogP contribution in [0.5, 0.6) is 0 Å². The maximum absolute atomic E-state index is 13.7. The lowest BCUT2D eigenvalue weighted by Gasteiger charge is -2.36. The molecular weight excluding hydrogens is 562 g/mol. The Kier molecular flexibility index (Phi) is 7.36. The van der Waals surface area contributed by atoms with Crippen LogP contribution >= 0.6 is 23.2 Å². The van der Waals surface area contributed by atoms with E-state index in [0.29, 0.717) is 65.4 Å². The van der Waals surface area contributed by atoms with Crippen molar-refractivity contribution < 1.29 is 9.18 Å². The van der Waals surface area contributed by atoms with Crippen molar-refractivity contribution in [3.05, 3.63) is 111 Å². The molecule has 0 unspecified atom stereocenters. The second kappa shape index (κ2) is 11.1. The second-order valence-corrected chi connectivity index (χ2v) is 11.0. The molecule has 0 aliphatic carbocycles. The number of hydrogen-bond donors (Lipinski definition) is 0. The lowest BCUT2D eigenvalue weighted by Crippen LogP contribution is -2.49. The second-order valence-electron chi connectivity index (χ2n) is 10.2. The maximum atomic E-state index is 13.7. The van der Waals surface area contributed by atoms with Gasteiger partial charge in [-0.3, -0.25) is 4.79 Å². The SMILES string of the molecule is Cc1ccc(Cc2nc(N3CCN(C(=O)c4ccc(Cl)cc4Cl)CC3)c3c(C)nn(-c4ccc(F)cc4)c3n2)cc1. The Hall–Kier alpha value is -4.01. The molecule has 208 valence electrons. The first-order valence-corrected chi connectivity index (χ1v) is 14.1. The van der Waals surface area contributed by atoms with Crippen molar-refractivity contribution in [3.63, 3.8) is 0 Å². The number of amides is 1. The van der Waals surface area contributed by atoms with Gasteiger partial charge in [-0.15, -0.1) is 0 Å². The summed E-state index contributed by atoms with van der Waals surface area (Å²) in [5.41, 5.74) is 4.86. The molecule has 2 aromatic heterocycles. The van der Waals surface area contributed by atoms with Crippen LogP contribution in [0.3, 0.4) is 0 Å². The van der Waals surface area contributed by atoms with Gasteiger partial charge in [0.15, 0.2) is 5.65 Å². The largest absolute Gasteiger partial charge is 0.352 e. The number of nitrogens with zero attached hydrogens (tertiary/aromatic N) is 6. The van der Waals surface area contributed by atoms with E-state index in [2.05, 4.69) is 36.1 Å². The Labute approximate surface area is 247 Å². The summed E-state index contributed by atoms with van der Waals surface area (Å²) >= 11 is 12.3. The van der Waals surface area contributed by atoms with E-state index in [-0.39, 0.29) is 11.7 Å². The fourth-order valence-electron chi connectivity index (χ4n) is 5.12. The molecule has 5 aromatic rings. The highest BCUT2D eigenvalue weighted by Crippen LogP contribution is 2.31. The Balaban J connectivity index is 1.35. The first kappa shape index (κ1) is 27.2. The van der Waals surface area contributed by atoms with Gasteiger partial charge >= 0.3 is 0 Å². The minimum absolute atomic E-state index is 0.125. The molecule has 1 aliphatic heterocycles. The van der Waals surface area contributed by atoms with Gasteiger partial charge in [0.2, 0.25) is 0 Å². The van der Waals surface area contributed by atoms with Crippen molar-refractivity contribution in [2.24, 2.45) is 0 Å². The van der Waals surface area contributed by atoms with Crippen molar-refractivity contribution in [1.29, 1.82) is 0 Å². The average molecular weight is 590 g/mol. The van der Waals surface area contributed by atoms with Gasteiger partial charge in [0.05, 0.1) is 27.4 Å². The van der Waals surface area contributed by atoms with Gasteiger partial charge in [0, 0.05) is 37.6 Å². The summed E-state index contributed by atoms with van der Waals surface area (Å²) in [5.74, 6) is 0.995. The van der Waals surface area contributed by atoms with Crippen LogP contribution in [0.15, 0.2) is 66.7 Å². The Morgan fingerprint density at radius 3 is 2.29 bits per heavy atom. The normalized spacial score (nSPS) is 13.7. The van der Waals surface area contributed by atoms with Crippen LogP contribution < -0.4 is 4.90 Å². The fourth-order valence-corrected chi connectivity index (χ4v) is 5.61. The zero-order valence-corrected chi connectivity index (χ0v) is 24.1. The van der Waals surface area contributed by atoms with E-state index in [4.69, 9.17) is 38.3 Å². The van der Waals surface area contributed by atoms with Crippen molar-refractivity contribution >= 4 is 46.0 Å². The van der Waals surface area contributed by atoms with Crippen LogP contribution in [0.2, 0.25) is 10.0 Å². The number of anilines is 1. The third-order valence-corrected chi connectivity index (χ3v) is 7.86. The number of hydrogen-bond acceptors (Lipinski definition) is 5. The number of rotatable bonds is 5. The topological polar surface area (TPSA) is 67.2 Å². The summed E-state index contributed by atoms with van der Waals surface area (Å²) in [6.45, 7) is 6.14. The highest BCUT2D eigenvalue weighted by molar-refractivity contribution is 6.36. The summed E-state index contributed by atoms with van der Waals surface area (Å²) in [6.07, 6.45) is 0.546. The molecule has 6 rings (SSSR count). The molecule has 7 nitrogen and oxygen atoms in total. The molecule has 0 atom stereocenters. The van der Waals surface area contributed by atoms with E-state index >= 15 is 0 Å². The minimum atomic E-state index is -0.315. The Bertz CT molecular complexity index is 1750. The predicted molar refractivity (Wildman–Crippen MR) is 160 cm³/mol. The number of aromatic nitrogens is 4. The predicted octanol–water partition coefficient (Wildman–Crippen LogP) is 6.43. The van der Waals surface area contributed by atoms with E-state index in [1.54, 1.807) is 39.9 Å². The smallest absolute Gasteiger partial charge is 0.255 e. The van der Waals surface area contributed by atoms with Gasteiger partial charge in [-0.05, 0) is 61.9 Å². The number of halogens is 3. The van der Waals surface area contributed by atoms with Crippen LogP contribution in [0.1, 0.15) is 33.0 Å². The maximum Gasteiger partial charge on any atom is 0.255 e. The molecule has 1 amide bonds. The number of carbonyl (C=O) groups excluding carboxylic acids is 1. The van der Waals surface area contributed by atoms with E-state index in [1.165, 1.54) is 17.7 Å². The zero-order chi connectivity index (χ0) is 28.7. The van der Waals surface area contributed by atoms with Crippen LogP contribution in [0.25, 0.3) is 16.7 Å². The van der Waals surface area contributed by atoms with Gasteiger partial charge in [-0.25, -0.2) is 19.0 Å². The van der Waals surface area contributed by atoms with E-state index in [9.17, 15) is 9.18 Å². The fraction of sp³-hybridized carbons (Fsp3) is 0.226. The van der Waals surface area contributed by atoms with Gasteiger partial charge in [-0.1, -0.05) is 53.0 Å². The molecule has 41 heavy (non-hydrogen) atoms. The van der Waals surface area contributed by atoms with Gasteiger partial charge in [0.1, 0.15) is 17.5 Å². The molecule has 3 heterocycles. The molecule has 0 spiro atoms. The third kappa shape index (κ3) is 5.49. The molecular formula is C31H27Cl2FN6O. The van der Waals surface area contributed by atoms with Crippen LogP contribution in [0, 0.1) is 19.7 Å². The first-order valence-electron chi connectivity index (χ1n) is 13.3. The van der Waals surface area contributed by atoms with Gasteiger partial charge < -0.3 is 9.80 Å². The summed E-state index contributed by atoms with van der Waals surface area (Å²) in [4.78, 5) is 27.2. The van der Waals surface area contributed by atoms with Crippen LogP contribution in [-0.4, -0.2) is 56.7 Å². The molecule has 3 aromatic carbocycles. The minimum Gasteiger partial charge on any atom is -0.352 e. The van der Waals surface area contributed by atoms with E-state index < -0.39 is 0 Å². The first-order chi connectivity index (χ1) is 19.8. The van der Waals surface area contributed by atoms with Crippen molar-refractivity contribution in [2.75, 3.05) is 31.1 Å². The molecule has 1 saturated heterocycles. The Morgan fingerprint density at radius 2 is 1.61 bits per heavy atom. The molecule has 10 heteroatoms. The van der Waals surface area contributed by atoms with Crippen LogP contribution in [-0.2, 0) is 6.42 Å². The molecule has 0 radical (unpaired) electrons. The van der Waals surface area contributed by atoms with Crippen molar-refractivity contribution in [3.8, 4) is 5.69 Å². The number of aryl methyl sites for hydroxylation is 2. The number of piperazine rings is 1. The summed E-state index contributed by atoms with van der Waals surface area (Å²) < 4.78 is 15.4. The quantitative estimate of drug-likeness (QED) is 0.236. The monoisotopic (exact) mass is 588 g/mol. The number of carbonyl (C=O) groups is 1. The van der Waals surface area contributed by atoms with Crippen molar-refractivity contribution in [2.45, 2.75) is 20.3 Å². The summed E-state index contributed by atoms with van der Waals surface area (Å²) in [7, 11) is 0. The lowest BCUT2D eigenvalue weighted by molar-refractivity contribution is 0.0746. The van der Waals surface area contributed by atoms with E-state index in [1.807, 2.05) is 6.92 Å². The third-order valence-electron chi connectivity index (χ3n) is 7.31. The summed E-state index contributed by atoms with van der Waals surface area (Å²) in [5, 5.41) is 6.44. The zero-order valence-electron chi connectivity index (χ0n) is 22.6. The highest BCUT2D eigenvalue weighted by Gasteiger charge is 2.28. The highest BCUT2D eigenvalue weighted by atomic mass is 35.5. The standard InChI is InChI=1S/C31H27Cl2FN6O/c1-19-3-5-21(6-4-19)17-27-35-29(28-20(2)37-40(30(28)36-27)24-10-8-23(34)9-11-24)38-13-15-39(16-14-38)31(41)25-12-7-22(32)18-26(25)33/h3-12,18H,13-17H2,1-2H3. The van der Waals surface area contributed by atoms with E-state index in [0.717, 1.165) is 22.5 Å². The van der Waals surface area contributed by atoms with Crippen molar-refractivity contribution in [1.82, 2.24) is 24.6 Å². The number of fused-ring (bicyclic) bond motifs is 1. The van der Waals surface area contributed by atoms with Gasteiger partial charge in [0.25, 0.3) is 5.91 Å². The number of benzene rings is 3.